The van der Waals surface area contributed by atoms with Crippen LogP contribution in [0.15, 0.2) is 0 Å². The summed E-state index contributed by atoms with van der Waals surface area (Å²) in [5.41, 5.74) is 0. The van der Waals surface area contributed by atoms with E-state index in [2.05, 4.69) is 6.92 Å². The highest BCUT2D eigenvalue weighted by Gasteiger charge is 1.98. The monoisotopic (exact) mass is 144 g/mol. The number of carbonyl (C=O) groups excluding carboxylic acids is 1. The number of aliphatic hydroxyl groups is 1. The molecule has 0 aromatic carbocycles. The van der Waals surface area contributed by atoms with Crippen molar-refractivity contribution in [1.29, 1.82) is 0 Å². The van der Waals surface area contributed by atoms with Crippen LogP contribution < -0.4 is 0 Å². The van der Waals surface area contributed by atoms with E-state index in [0.717, 1.165) is 19.3 Å². The molecule has 0 atom stereocenters. The maximum Gasteiger partial charge on any atom is 0.135 e. The van der Waals surface area contributed by atoms with Gasteiger partial charge in [0.25, 0.3) is 0 Å². The molecule has 0 fully saturated rings. The highest BCUT2D eigenvalue weighted by atomic mass is 16.3. The van der Waals surface area contributed by atoms with Crippen LogP contribution in [0.5, 0.6) is 0 Å². The van der Waals surface area contributed by atoms with E-state index in [1.54, 1.807) is 0 Å². The topological polar surface area (TPSA) is 37.3 Å². The summed E-state index contributed by atoms with van der Waals surface area (Å²) < 4.78 is 0. The Balaban J connectivity index is 3.05. The minimum Gasteiger partial charge on any atom is -0.396 e. The van der Waals surface area contributed by atoms with E-state index in [0.29, 0.717) is 12.8 Å². The molecule has 0 radical (unpaired) electrons. The van der Waals surface area contributed by atoms with Gasteiger partial charge in [-0.1, -0.05) is 19.8 Å². The van der Waals surface area contributed by atoms with Crippen molar-refractivity contribution in [2.75, 3.05) is 6.61 Å². The van der Waals surface area contributed by atoms with Gasteiger partial charge in [0.2, 0.25) is 0 Å². The lowest BCUT2D eigenvalue weighted by molar-refractivity contribution is -0.119. The van der Waals surface area contributed by atoms with Gasteiger partial charge >= 0.3 is 0 Å². The molecular formula is C8H16O2. The number of Topliss-reactive ketones (excluding diaryl/α,β-unsaturated/α-hetero) is 1. The molecule has 10 heavy (non-hydrogen) atoms. The minimum atomic E-state index is 0.00492. The molecule has 1 N–H and O–H groups in total. The molecule has 2 nitrogen and oxygen atoms in total. The van der Waals surface area contributed by atoms with Crippen LogP contribution >= 0.6 is 0 Å². The van der Waals surface area contributed by atoms with Gasteiger partial charge in [0.15, 0.2) is 0 Å². The van der Waals surface area contributed by atoms with Crippen molar-refractivity contribution < 1.29 is 9.90 Å². The molecule has 0 saturated carbocycles. The molecule has 0 spiro atoms. The average Bonchev–Trinajstić information content (AvgIpc) is 1.89. The van der Waals surface area contributed by atoms with E-state index in [4.69, 9.17) is 5.11 Å². The number of hydrogen-bond donors (Lipinski definition) is 1. The van der Waals surface area contributed by atoms with E-state index in [9.17, 15) is 4.79 Å². The van der Waals surface area contributed by atoms with Crippen molar-refractivity contribution in [3.63, 3.8) is 0 Å². The number of ketones is 1. The Bertz CT molecular complexity index is 89.3. The van der Waals surface area contributed by atoms with Gasteiger partial charge in [-0.3, -0.25) is 4.79 Å². The van der Waals surface area contributed by atoms with E-state index in [1.165, 1.54) is 0 Å². The smallest absolute Gasteiger partial charge is 0.135 e. The first kappa shape index (κ1) is 9.63. The fourth-order valence-corrected chi connectivity index (χ4v) is 0.822. The van der Waals surface area contributed by atoms with Gasteiger partial charge in [0.05, 0.1) is 0 Å². The summed E-state index contributed by atoms with van der Waals surface area (Å²) in [5, 5.41) is 8.37. The maximum atomic E-state index is 10.8. The average molecular weight is 144 g/mol. The molecule has 0 aliphatic carbocycles. The lowest BCUT2D eigenvalue weighted by Crippen LogP contribution is -1.99. The van der Waals surface area contributed by atoms with Crippen molar-refractivity contribution >= 4 is 5.78 Å². The first-order valence-corrected chi connectivity index (χ1v) is 3.93. The number of carbonyl (C=O) groups is 1. The van der Waals surface area contributed by atoms with E-state index in [1.807, 2.05) is 0 Å². The Morgan fingerprint density at radius 3 is 2.50 bits per heavy atom. The van der Waals surface area contributed by atoms with Gasteiger partial charge in [-0.25, -0.2) is 0 Å². The summed E-state index contributed by atoms with van der Waals surface area (Å²) in [4.78, 5) is 10.8. The first-order valence-electron chi connectivity index (χ1n) is 3.93. The molecule has 0 heterocycles. The summed E-state index contributed by atoms with van der Waals surface area (Å²) in [5.74, 6) is 0.191. The fourth-order valence-electron chi connectivity index (χ4n) is 0.822. The summed E-state index contributed by atoms with van der Waals surface area (Å²) in [7, 11) is 0. The molecule has 60 valence electrons. The van der Waals surface area contributed by atoms with Crippen LogP contribution in [0.4, 0.5) is 0 Å². The highest BCUT2D eigenvalue weighted by Crippen LogP contribution is 2.00. The van der Waals surface area contributed by atoms with Crippen LogP contribution in [0.3, 0.4) is 0 Å². The molecule has 0 amide bonds. The Morgan fingerprint density at radius 2 is 2.00 bits per heavy atom. The van der Waals surface area contributed by atoms with Crippen LogP contribution in [-0.2, 0) is 4.79 Å². The summed E-state index contributed by atoms with van der Waals surface area (Å²) >= 11 is 0. The lowest BCUT2D eigenvalue weighted by Gasteiger charge is -1.95. The van der Waals surface area contributed by atoms with Crippen LogP contribution in [0, 0.1) is 0 Å². The Labute approximate surface area is 62.2 Å². The Hall–Kier alpha value is -0.370. The molecule has 0 rings (SSSR count). The molecule has 0 aliphatic heterocycles. The summed E-state index contributed by atoms with van der Waals surface area (Å²) in [6.45, 7) is 2.11. The zero-order chi connectivity index (χ0) is 7.82. The number of aliphatic hydroxyl groups excluding tert-OH is 1. The predicted molar refractivity (Wildman–Crippen MR) is 40.9 cm³/mol. The van der Waals surface area contributed by atoms with Crippen LogP contribution in [-0.4, -0.2) is 17.5 Å². The second-order valence-electron chi connectivity index (χ2n) is 2.47. The van der Waals surface area contributed by atoms with E-state index < -0.39 is 0 Å². The molecule has 0 saturated heterocycles. The van der Waals surface area contributed by atoms with Gasteiger partial charge < -0.3 is 5.11 Å². The van der Waals surface area contributed by atoms with Crippen LogP contribution in [0.25, 0.3) is 0 Å². The first-order chi connectivity index (χ1) is 4.81. The molecular weight excluding hydrogens is 128 g/mol. The second-order valence-corrected chi connectivity index (χ2v) is 2.47. The summed E-state index contributed by atoms with van der Waals surface area (Å²) in [6, 6.07) is 0. The minimum absolute atomic E-state index is 0.00492. The molecule has 2 heteroatoms. The van der Waals surface area contributed by atoms with Gasteiger partial charge in [0, 0.05) is 19.4 Å². The maximum absolute atomic E-state index is 10.8. The third-order valence-electron chi connectivity index (χ3n) is 1.45. The van der Waals surface area contributed by atoms with Crippen molar-refractivity contribution in [2.45, 2.75) is 39.0 Å². The SMILES string of the molecule is CCCCCC(=O)CCO. The van der Waals surface area contributed by atoms with Crippen LogP contribution in [0.1, 0.15) is 39.0 Å². The third-order valence-corrected chi connectivity index (χ3v) is 1.45. The quantitative estimate of drug-likeness (QED) is 0.574. The standard InChI is InChI=1S/C8H16O2/c1-2-3-4-5-8(10)6-7-9/h9H,2-7H2,1H3. The third kappa shape index (κ3) is 5.76. The molecule has 0 aliphatic rings. The molecule has 0 aromatic heterocycles. The summed E-state index contributed by atoms with van der Waals surface area (Å²) in [6.07, 6.45) is 4.23. The predicted octanol–water partition coefficient (Wildman–Crippen LogP) is 1.52. The Morgan fingerprint density at radius 1 is 1.30 bits per heavy atom. The highest BCUT2D eigenvalue weighted by molar-refractivity contribution is 5.78. The lowest BCUT2D eigenvalue weighted by atomic mass is 10.1. The van der Waals surface area contributed by atoms with Gasteiger partial charge in [-0.2, -0.15) is 0 Å². The van der Waals surface area contributed by atoms with Gasteiger partial charge in [-0.15, -0.1) is 0 Å². The zero-order valence-corrected chi connectivity index (χ0v) is 6.60. The number of hydrogen-bond acceptors (Lipinski definition) is 2. The van der Waals surface area contributed by atoms with E-state index in [-0.39, 0.29) is 12.4 Å². The van der Waals surface area contributed by atoms with Crippen molar-refractivity contribution in [1.82, 2.24) is 0 Å². The normalized spacial score (nSPS) is 9.80. The van der Waals surface area contributed by atoms with Gasteiger partial charge in [-0.05, 0) is 6.42 Å². The van der Waals surface area contributed by atoms with E-state index >= 15 is 0 Å². The van der Waals surface area contributed by atoms with Crippen LogP contribution in [0.2, 0.25) is 0 Å². The Kier molecular flexibility index (Phi) is 6.50. The van der Waals surface area contributed by atoms with Crippen molar-refractivity contribution in [2.24, 2.45) is 0 Å². The van der Waals surface area contributed by atoms with Crippen molar-refractivity contribution in [3.05, 3.63) is 0 Å². The number of rotatable bonds is 6. The fraction of sp³-hybridized carbons (Fsp3) is 0.875. The largest absolute Gasteiger partial charge is 0.396 e. The molecule has 0 aromatic rings. The molecule has 0 bridgehead atoms. The zero-order valence-electron chi connectivity index (χ0n) is 6.60. The molecule has 0 unspecified atom stereocenters. The second kappa shape index (κ2) is 6.75. The van der Waals surface area contributed by atoms with Crippen molar-refractivity contribution in [3.8, 4) is 0 Å². The van der Waals surface area contributed by atoms with Gasteiger partial charge in [0.1, 0.15) is 5.78 Å². The number of unbranched alkanes of at least 4 members (excludes halogenated alkanes) is 2.